The second-order valence-corrected chi connectivity index (χ2v) is 7.66. The van der Waals surface area contributed by atoms with Crippen molar-refractivity contribution in [2.45, 2.75) is 58.0 Å². The van der Waals surface area contributed by atoms with Crippen molar-refractivity contribution in [3.05, 3.63) is 52.1 Å². The first-order valence-electron chi connectivity index (χ1n) is 10.1. The monoisotopic (exact) mass is 411 g/mol. The number of rotatable bonds is 8. The van der Waals surface area contributed by atoms with E-state index < -0.39 is 23.3 Å². The molecular formula is C23H25NO6. The number of Topliss-reactive ketones (excluding diaryl/α,β-unsaturated/α-hetero) is 1. The number of esters is 1. The lowest BCUT2D eigenvalue weighted by atomic mass is 9.78. The van der Waals surface area contributed by atoms with E-state index in [-0.39, 0.29) is 16.9 Å². The van der Waals surface area contributed by atoms with E-state index in [0.29, 0.717) is 23.3 Å². The Morgan fingerprint density at radius 2 is 1.93 bits per heavy atom. The summed E-state index contributed by atoms with van der Waals surface area (Å²) in [5.41, 5.74) is 0.0125. The molecule has 2 N–H and O–H groups in total. The molecule has 0 radical (unpaired) electrons. The second-order valence-electron chi connectivity index (χ2n) is 7.66. The van der Waals surface area contributed by atoms with Gasteiger partial charge in [-0.2, -0.15) is 0 Å². The number of hydrogen-bond acceptors (Lipinski definition) is 6. The molecule has 0 saturated carbocycles. The summed E-state index contributed by atoms with van der Waals surface area (Å²) in [7, 11) is 0. The molecule has 2 aliphatic rings. The molecule has 7 nitrogen and oxygen atoms in total. The number of hydrogen-bond donors (Lipinski definition) is 2. The van der Waals surface area contributed by atoms with Gasteiger partial charge in [0.1, 0.15) is 11.3 Å². The molecule has 2 heterocycles. The minimum Gasteiger partial charge on any atom is -0.511 e. The Balaban J connectivity index is 1.96. The van der Waals surface area contributed by atoms with Gasteiger partial charge in [-0.15, -0.1) is 0 Å². The van der Waals surface area contributed by atoms with Gasteiger partial charge in [-0.05, 0) is 37.1 Å². The molecule has 3 rings (SSSR count). The summed E-state index contributed by atoms with van der Waals surface area (Å²) >= 11 is 0. The number of allylic oxidation sites excluding steroid dienone is 1. The number of unbranched alkanes of at least 4 members (excludes halogenated alkanes) is 4. The fraction of sp³-hybridized carbons (Fsp3) is 0.391. The van der Waals surface area contributed by atoms with E-state index in [1.807, 2.05) is 0 Å². The lowest BCUT2D eigenvalue weighted by Crippen LogP contribution is -2.39. The van der Waals surface area contributed by atoms with E-state index in [1.54, 1.807) is 12.1 Å². The first-order valence-corrected chi connectivity index (χ1v) is 10.1. The topological polar surface area (TPSA) is 114 Å². The molecule has 1 aliphatic heterocycles. The van der Waals surface area contributed by atoms with Crippen LogP contribution in [0.5, 0.6) is 0 Å². The van der Waals surface area contributed by atoms with Crippen LogP contribution in [0.3, 0.4) is 0 Å². The zero-order valence-corrected chi connectivity index (χ0v) is 17.1. The maximum Gasteiger partial charge on any atom is 0.343 e. The highest BCUT2D eigenvalue weighted by molar-refractivity contribution is 6.17. The van der Waals surface area contributed by atoms with Gasteiger partial charge >= 0.3 is 11.9 Å². The Labute approximate surface area is 174 Å². The van der Waals surface area contributed by atoms with E-state index in [9.17, 15) is 19.5 Å². The van der Waals surface area contributed by atoms with Crippen LogP contribution in [0, 0.1) is 0 Å². The van der Waals surface area contributed by atoms with Crippen LogP contribution < -0.4 is 0 Å². The zero-order chi connectivity index (χ0) is 21.9. The Kier molecular flexibility index (Phi) is 6.20. The molecule has 30 heavy (non-hydrogen) atoms. The highest BCUT2D eigenvalue weighted by Crippen LogP contribution is 2.45. The molecule has 0 amide bonds. The molecule has 1 aromatic rings. The summed E-state index contributed by atoms with van der Waals surface area (Å²) in [5, 5.41) is 19.4. The molecule has 7 heteroatoms. The summed E-state index contributed by atoms with van der Waals surface area (Å²) in [5.74, 6) is -2.31. The number of ketones is 1. The number of carbonyl (C=O) groups excluding carboxylic acids is 2. The van der Waals surface area contributed by atoms with Gasteiger partial charge in [0.2, 0.25) is 5.78 Å². The molecular weight excluding hydrogens is 386 g/mol. The quantitative estimate of drug-likeness (QED) is 0.284. The van der Waals surface area contributed by atoms with Crippen LogP contribution in [0.2, 0.25) is 0 Å². The summed E-state index contributed by atoms with van der Waals surface area (Å²) in [6.07, 6.45) is 10.6. The third kappa shape index (κ3) is 4.06. The number of aliphatic carboxylic acids is 1. The number of aliphatic hydroxyl groups excluding tert-OH is 1. The minimum absolute atomic E-state index is 0.0476. The van der Waals surface area contributed by atoms with Crippen molar-refractivity contribution in [3.63, 3.8) is 0 Å². The largest absolute Gasteiger partial charge is 0.511 e. The molecule has 0 bridgehead atoms. The second kappa shape index (κ2) is 8.65. The Morgan fingerprint density at radius 1 is 1.20 bits per heavy atom. The van der Waals surface area contributed by atoms with Gasteiger partial charge in [0, 0.05) is 29.8 Å². The van der Waals surface area contributed by atoms with Gasteiger partial charge in [0.15, 0.2) is 5.60 Å². The number of carbonyl (C=O) groups is 3. The molecule has 0 unspecified atom stereocenters. The Morgan fingerprint density at radius 3 is 2.63 bits per heavy atom. The van der Waals surface area contributed by atoms with Crippen molar-refractivity contribution in [1.29, 1.82) is 0 Å². The number of fused-ring (bicyclic) bond motifs is 2. The smallest absolute Gasteiger partial charge is 0.343 e. The SMILES string of the molecule is CCCCCCC/C(O)=C1\C(=O)O[C@@]2(C)C(=O)c3cnc(/C=C\C(=O)O)cc3C=C12. The molecule has 1 aliphatic carbocycles. The molecule has 0 spiro atoms. The normalized spacial score (nSPS) is 21.9. The number of carboxylic acids is 1. The van der Waals surface area contributed by atoms with E-state index >= 15 is 0 Å². The fourth-order valence-corrected chi connectivity index (χ4v) is 3.77. The van der Waals surface area contributed by atoms with Crippen molar-refractivity contribution < 1.29 is 29.3 Å². The van der Waals surface area contributed by atoms with Crippen LogP contribution in [0.4, 0.5) is 0 Å². The number of aliphatic hydroxyl groups is 1. The maximum atomic E-state index is 13.1. The van der Waals surface area contributed by atoms with Gasteiger partial charge in [-0.3, -0.25) is 9.78 Å². The summed E-state index contributed by atoms with van der Waals surface area (Å²) in [4.78, 5) is 40.4. The van der Waals surface area contributed by atoms with Crippen molar-refractivity contribution >= 4 is 29.9 Å². The van der Waals surface area contributed by atoms with Gasteiger partial charge in [-0.1, -0.05) is 32.6 Å². The zero-order valence-electron chi connectivity index (χ0n) is 17.1. The highest BCUT2D eigenvalue weighted by Gasteiger charge is 2.54. The third-order valence-corrected chi connectivity index (χ3v) is 5.42. The fourth-order valence-electron chi connectivity index (χ4n) is 3.77. The molecule has 158 valence electrons. The maximum absolute atomic E-state index is 13.1. The summed E-state index contributed by atoms with van der Waals surface area (Å²) in [6.45, 7) is 3.64. The van der Waals surface area contributed by atoms with E-state index in [1.165, 1.54) is 19.2 Å². The molecule has 1 aromatic heterocycles. The number of nitrogens with zero attached hydrogens (tertiary/aromatic N) is 1. The number of pyridine rings is 1. The first-order chi connectivity index (χ1) is 14.3. The average Bonchev–Trinajstić information content (AvgIpc) is 2.96. The van der Waals surface area contributed by atoms with Gasteiger partial charge in [0.25, 0.3) is 0 Å². The standard InChI is InChI=1S/C23H25NO6/c1-3-4-5-6-7-8-18(25)20-17-12-14-11-15(9-10-19(26)27)24-13-16(14)21(28)23(17,2)30-22(20)29/h9-13,25H,3-8H2,1-2H3,(H,26,27)/b10-9-,20-18+/t23-/m1/s1. The van der Waals surface area contributed by atoms with Gasteiger partial charge < -0.3 is 14.9 Å². The Bertz CT molecular complexity index is 987. The number of carboxylic acid groups (broad SMARTS) is 1. The summed E-state index contributed by atoms with van der Waals surface area (Å²) in [6, 6.07) is 1.57. The van der Waals surface area contributed by atoms with Gasteiger partial charge in [0.05, 0.1) is 5.69 Å². The van der Waals surface area contributed by atoms with Crippen LogP contribution in [0.15, 0.2) is 35.2 Å². The van der Waals surface area contributed by atoms with Crippen molar-refractivity contribution in [2.75, 3.05) is 0 Å². The first kappa shape index (κ1) is 21.5. The average molecular weight is 411 g/mol. The van der Waals surface area contributed by atoms with Crippen LogP contribution >= 0.6 is 0 Å². The van der Waals surface area contributed by atoms with Crippen LogP contribution in [0.1, 0.15) is 74.0 Å². The third-order valence-electron chi connectivity index (χ3n) is 5.42. The minimum atomic E-state index is -1.50. The molecule has 0 aromatic carbocycles. The predicted molar refractivity (Wildman–Crippen MR) is 111 cm³/mol. The lowest BCUT2D eigenvalue weighted by molar-refractivity contribution is -0.141. The van der Waals surface area contributed by atoms with Crippen LogP contribution in [-0.4, -0.2) is 38.5 Å². The molecule has 1 atom stereocenters. The number of aromatic nitrogens is 1. The van der Waals surface area contributed by atoms with E-state index in [4.69, 9.17) is 9.84 Å². The predicted octanol–water partition coefficient (Wildman–Crippen LogP) is 4.25. The van der Waals surface area contributed by atoms with E-state index in [0.717, 1.165) is 38.2 Å². The molecule has 1 fully saturated rings. The van der Waals surface area contributed by atoms with Gasteiger partial charge in [-0.25, -0.2) is 9.59 Å². The van der Waals surface area contributed by atoms with Crippen molar-refractivity contribution in [3.8, 4) is 0 Å². The Hall–Kier alpha value is -3.22. The lowest BCUT2D eigenvalue weighted by Gasteiger charge is -2.27. The molecule has 1 saturated heterocycles. The van der Waals surface area contributed by atoms with Crippen molar-refractivity contribution in [2.24, 2.45) is 0 Å². The summed E-state index contributed by atoms with van der Waals surface area (Å²) < 4.78 is 5.42. The highest BCUT2D eigenvalue weighted by atomic mass is 16.6. The van der Waals surface area contributed by atoms with Crippen LogP contribution in [0.25, 0.3) is 12.2 Å². The number of ether oxygens (including phenoxy) is 1. The van der Waals surface area contributed by atoms with Crippen LogP contribution in [-0.2, 0) is 14.3 Å². The van der Waals surface area contributed by atoms with Crippen molar-refractivity contribution in [1.82, 2.24) is 4.98 Å². The van der Waals surface area contributed by atoms with E-state index in [2.05, 4.69) is 11.9 Å².